The molecular weight excluding hydrogens is 798 g/mol. The van der Waals surface area contributed by atoms with Gasteiger partial charge in [0.25, 0.3) is 7.82 Å². The van der Waals surface area contributed by atoms with Crippen molar-refractivity contribution in [2.45, 2.75) is 238 Å². The molecule has 2 atom stereocenters. The molecule has 0 bridgehead atoms. The molecule has 0 N–H and O–H groups in total. The lowest BCUT2D eigenvalue weighted by atomic mass is 10.1. The van der Waals surface area contributed by atoms with Crippen LogP contribution in [0, 0.1) is 0 Å². The number of hydrogen-bond donors (Lipinski definition) is 0. The van der Waals surface area contributed by atoms with E-state index < -0.39 is 26.5 Å². The molecule has 0 aromatic rings. The Bertz CT molecular complexity index is 1150. The monoisotopic (exact) mass is 896 g/mol. The largest absolute Gasteiger partial charge is 0.756 e. The summed E-state index contributed by atoms with van der Waals surface area (Å²) in [6, 6.07) is 0. The van der Waals surface area contributed by atoms with Crippen LogP contribution in [-0.2, 0) is 32.7 Å². The molecule has 364 valence electrons. The molecule has 2 unspecified atom stereocenters. The number of likely N-dealkylation sites (N-methyl/N-ethyl adjacent to an activating group) is 1. The van der Waals surface area contributed by atoms with Gasteiger partial charge >= 0.3 is 11.9 Å². The molecule has 0 aliphatic rings. The van der Waals surface area contributed by atoms with Gasteiger partial charge in [-0.1, -0.05) is 185 Å². The molecule has 9 nitrogen and oxygen atoms in total. The predicted molar refractivity (Wildman–Crippen MR) is 259 cm³/mol. The van der Waals surface area contributed by atoms with Crippen molar-refractivity contribution in [1.29, 1.82) is 0 Å². The molecule has 0 amide bonds. The Labute approximate surface area is 382 Å². The van der Waals surface area contributed by atoms with E-state index in [-0.39, 0.29) is 32.0 Å². The first kappa shape index (κ1) is 60.2. The number of carbonyl (C=O) groups excluding carboxylic acids is 2. The molecule has 0 spiro atoms. The third kappa shape index (κ3) is 47.7. The van der Waals surface area contributed by atoms with Crippen molar-refractivity contribution in [3.8, 4) is 0 Å². The lowest BCUT2D eigenvalue weighted by Crippen LogP contribution is -2.37. The van der Waals surface area contributed by atoms with E-state index in [1.54, 1.807) is 0 Å². The van der Waals surface area contributed by atoms with E-state index in [9.17, 15) is 19.0 Å². The highest BCUT2D eigenvalue weighted by molar-refractivity contribution is 7.45. The van der Waals surface area contributed by atoms with Gasteiger partial charge in [-0.15, -0.1) is 0 Å². The minimum Gasteiger partial charge on any atom is -0.756 e. The van der Waals surface area contributed by atoms with Crippen LogP contribution < -0.4 is 4.89 Å². The summed E-state index contributed by atoms with van der Waals surface area (Å²) >= 11 is 0. The zero-order valence-electron chi connectivity index (χ0n) is 41.1. The molecule has 0 rings (SSSR count). The molecule has 0 fully saturated rings. The topological polar surface area (TPSA) is 111 Å². The number of hydrogen-bond acceptors (Lipinski definition) is 8. The maximum atomic E-state index is 12.7. The van der Waals surface area contributed by atoms with Crippen LogP contribution in [-0.4, -0.2) is 70.0 Å². The van der Waals surface area contributed by atoms with Crippen LogP contribution in [0.3, 0.4) is 0 Å². The van der Waals surface area contributed by atoms with Crippen molar-refractivity contribution < 1.29 is 42.1 Å². The summed E-state index contributed by atoms with van der Waals surface area (Å²) in [5.74, 6) is -0.834. The molecule has 0 aromatic carbocycles. The van der Waals surface area contributed by atoms with E-state index >= 15 is 0 Å². The summed E-state index contributed by atoms with van der Waals surface area (Å²) in [6.07, 6.45) is 51.6. The molecular formula is C52H98NO8P. The van der Waals surface area contributed by atoms with E-state index in [0.29, 0.717) is 17.4 Å². The highest BCUT2D eigenvalue weighted by Gasteiger charge is 2.21. The second-order valence-electron chi connectivity index (χ2n) is 18.5. The van der Waals surface area contributed by atoms with Crippen LogP contribution in [0.25, 0.3) is 0 Å². The second-order valence-corrected chi connectivity index (χ2v) is 19.9. The Balaban J connectivity index is 4.25. The van der Waals surface area contributed by atoms with Crippen LogP contribution in [0.15, 0.2) is 36.5 Å². The summed E-state index contributed by atoms with van der Waals surface area (Å²) in [6.45, 7) is 4.22. The summed E-state index contributed by atoms with van der Waals surface area (Å²) in [5.41, 5.74) is 0. The highest BCUT2D eigenvalue weighted by Crippen LogP contribution is 2.38. The van der Waals surface area contributed by atoms with Gasteiger partial charge in [0.2, 0.25) is 0 Å². The fourth-order valence-electron chi connectivity index (χ4n) is 7.09. The molecule has 0 aliphatic heterocycles. The molecule has 0 aromatic heterocycles. The second kappa shape index (κ2) is 44.4. The van der Waals surface area contributed by atoms with Gasteiger partial charge in [-0.3, -0.25) is 14.2 Å². The smallest absolute Gasteiger partial charge is 0.306 e. The summed E-state index contributed by atoms with van der Waals surface area (Å²) < 4.78 is 34.1. The molecule has 0 heterocycles. The average molecular weight is 896 g/mol. The first-order valence-corrected chi connectivity index (χ1v) is 27.2. The van der Waals surface area contributed by atoms with Gasteiger partial charge in [-0.05, 0) is 70.6 Å². The van der Waals surface area contributed by atoms with Gasteiger partial charge in [-0.25, -0.2) is 0 Å². The van der Waals surface area contributed by atoms with Gasteiger partial charge in [-0.2, -0.15) is 0 Å². The van der Waals surface area contributed by atoms with E-state index in [1.807, 2.05) is 21.1 Å². The molecule has 0 saturated heterocycles. The third-order valence-corrected chi connectivity index (χ3v) is 12.1. The minimum absolute atomic E-state index is 0.0316. The number of ether oxygens (including phenoxy) is 2. The Hall–Kier alpha value is -1.77. The lowest BCUT2D eigenvalue weighted by molar-refractivity contribution is -0.870. The van der Waals surface area contributed by atoms with Gasteiger partial charge in [0.1, 0.15) is 19.8 Å². The Morgan fingerprint density at radius 3 is 1.32 bits per heavy atom. The number of rotatable bonds is 47. The lowest BCUT2D eigenvalue weighted by Gasteiger charge is -2.28. The van der Waals surface area contributed by atoms with E-state index in [0.717, 1.165) is 51.4 Å². The maximum Gasteiger partial charge on any atom is 0.306 e. The third-order valence-electron chi connectivity index (χ3n) is 11.1. The first-order chi connectivity index (χ1) is 30.0. The van der Waals surface area contributed by atoms with Crippen molar-refractivity contribution >= 4 is 19.8 Å². The zero-order chi connectivity index (χ0) is 45.7. The van der Waals surface area contributed by atoms with Gasteiger partial charge in [0.05, 0.1) is 27.7 Å². The summed E-state index contributed by atoms with van der Waals surface area (Å²) in [4.78, 5) is 37.7. The van der Waals surface area contributed by atoms with Crippen molar-refractivity contribution in [1.82, 2.24) is 0 Å². The maximum absolute atomic E-state index is 12.7. The van der Waals surface area contributed by atoms with E-state index in [1.165, 1.54) is 148 Å². The fourth-order valence-corrected chi connectivity index (χ4v) is 7.82. The fraction of sp³-hybridized carbons (Fsp3) is 0.846. The minimum atomic E-state index is -4.63. The standard InChI is InChI=1S/C52H98NO8P/c1-6-8-10-12-14-16-18-20-22-24-26-28-30-32-34-36-38-40-42-44-51(54)58-48-50(49-60-62(56,57)59-47-46-53(3,4)5)61-52(55)45-43-41-39-37-35-33-31-29-27-25-23-21-19-17-15-13-11-9-7-2/h15,17,20-23,50H,6-14,16,18-19,24-49H2,1-5H3/b17-15-,22-20-,23-21-. The number of esters is 2. The van der Waals surface area contributed by atoms with Gasteiger partial charge in [0, 0.05) is 12.8 Å². The summed E-state index contributed by atoms with van der Waals surface area (Å²) in [7, 11) is 1.17. The van der Waals surface area contributed by atoms with Crippen LogP contribution in [0.2, 0.25) is 0 Å². The SMILES string of the molecule is CCCCC/C=C\C/C=C\CCCCCCCCCCCC(=O)OC(COC(=O)CCCCCCCCCCC/C=C\CCCCCCCC)COP(=O)([O-])OCC[N+](C)(C)C. The van der Waals surface area contributed by atoms with Crippen LogP contribution >= 0.6 is 7.82 Å². The van der Waals surface area contributed by atoms with Crippen LogP contribution in [0.1, 0.15) is 232 Å². The number of quaternary nitrogens is 1. The van der Waals surface area contributed by atoms with Gasteiger partial charge < -0.3 is 27.9 Å². The van der Waals surface area contributed by atoms with Crippen molar-refractivity contribution in [2.75, 3.05) is 47.5 Å². The number of carbonyl (C=O) groups is 2. The average Bonchev–Trinajstić information content (AvgIpc) is 3.23. The summed E-state index contributed by atoms with van der Waals surface area (Å²) in [5, 5.41) is 0. The normalized spacial score (nSPS) is 13.7. The predicted octanol–water partition coefficient (Wildman–Crippen LogP) is 14.6. The van der Waals surface area contributed by atoms with Gasteiger partial charge in [0.15, 0.2) is 6.10 Å². The number of allylic oxidation sites excluding steroid dienone is 6. The number of phosphoric ester groups is 1. The Morgan fingerprint density at radius 2 is 0.871 bits per heavy atom. The van der Waals surface area contributed by atoms with Crippen LogP contribution in [0.4, 0.5) is 0 Å². The quantitative estimate of drug-likeness (QED) is 0.0195. The van der Waals surface area contributed by atoms with Crippen molar-refractivity contribution in [3.05, 3.63) is 36.5 Å². The van der Waals surface area contributed by atoms with E-state index in [2.05, 4.69) is 50.3 Å². The Morgan fingerprint density at radius 1 is 0.500 bits per heavy atom. The molecule has 0 aliphatic carbocycles. The van der Waals surface area contributed by atoms with Crippen molar-refractivity contribution in [2.24, 2.45) is 0 Å². The first-order valence-electron chi connectivity index (χ1n) is 25.7. The van der Waals surface area contributed by atoms with E-state index in [4.69, 9.17) is 18.5 Å². The van der Waals surface area contributed by atoms with Crippen molar-refractivity contribution in [3.63, 3.8) is 0 Å². The number of nitrogens with zero attached hydrogens (tertiary/aromatic N) is 1. The highest BCUT2D eigenvalue weighted by atomic mass is 31.2. The Kier molecular flexibility index (Phi) is 43.2. The number of unbranched alkanes of at least 4 members (excludes halogenated alkanes) is 27. The molecule has 62 heavy (non-hydrogen) atoms. The zero-order valence-corrected chi connectivity index (χ0v) is 42.0. The molecule has 0 saturated carbocycles. The molecule has 0 radical (unpaired) electrons. The van der Waals surface area contributed by atoms with Crippen LogP contribution in [0.5, 0.6) is 0 Å². The number of phosphoric acid groups is 1. The molecule has 10 heteroatoms.